The predicted molar refractivity (Wildman–Crippen MR) is 121 cm³/mol. The maximum Gasteiger partial charge on any atom is 0.291 e. The van der Waals surface area contributed by atoms with Gasteiger partial charge in [-0.15, -0.1) is 5.10 Å². The number of benzene rings is 1. The second-order valence-electron chi connectivity index (χ2n) is 9.23. The van der Waals surface area contributed by atoms with E-state index in [1.807, 2.05) is 24.3 Å². The van der Waals surface area contributed by atoms with Crippen molar-refractivity contribution >= 4 is 45.6 Å². The SMILES string of the molecule is CC(C)(C)c1ccc(/C=c2/sc3nc([C@H]4[C@H](C=C(Cl)Cl)C4(C)C)nn3c2=O)cc1. The summed E-state index contributed by atoms with van der Waals surface area (Å²) in [5.74, 6) is 0.959. The zero-order valence-corrected chi connectivity index (χ0v) is 19.4. The highest BCUT2D eigenvalue weighted by Gasteiger charge is 2.59. The molecule has 1 aliphatic carbocycles. The van der Waals surface area contributed by atoms with Crippen molar-refractivity contribution in [2.24, 2.45) is 11.3 Å². The van der Waals surface area contributed by atoms with E-state index in [0.29, 0.717) is 15.3 Å². The molecule has 0 saturated heterocycles. The van der Waals surface area contributed by atoms with Gasteiger partial charge in [0.05, 0.1) is 4.53 Å². The van der Waals surface area contributed by atoms with Crippen LogP contribution in [0.2, 0.25) is 0 Å². The minimum atomic E-state index is -0.135. The number of halogens is 2. The Morgan fingerprint density at radius 2 is 1.86 bits per heavy atom. The molecule has 3 aromatic rings. The molecule has 1 fully saturated rings. The van der Waals surface area contributed by atoms with Crippen LogP contribution >= 0.6 is 34.5 Å². The standard InChI is InChI=1S/C22H23Cl2N3OS/c1-21(2,3)13-8-6-12(7-9-13)10-15-19(28)27-20(29-15)25-18(26-27)17-14(11-16(23)24)22(17,4)5/h6-11,14,17H,1-5H3/b15-10+/t14-,17+/m0/s1. The smallest absolute Gasteiger partial charge is 0.266 e. The highest BCUT2D eigenvalue weighted by Crippen LogP contribution is 2.64. The Morgan fingerprint density at radius 1 is 1.21 bits per heavy atom. The molecule has 2 atom stereocenters. The molecule has 2 aromatic heterocycles. The minimum absolute atomic E-state index is 0.0289. The van der Waals surface area contributed by atoms with Gasteiger partial charge in [-0.05, 0) is 40.0 Å². The van der Waals surface area contributed by atoms with Gasteiger partial charge in [-0.1, -0.05) is 93.4 Å². The molecule has 0 spiro atoms. The van der Waals surface area contributed by atoms with E-state index in [-0.39, 0.29) is 32.7 Å². The van der Waals surface area contributed by atoms with Crippen LogP contribution < -0.4 is 10.1 Å². The minimum Gasteiger partial charge on any atom is -0.266 e. The largest absolute Gasteiger partial charge is 0.291 e. The Hall–Kier alpha value is -1.69. The highest BCUT2D eigenvalue weighted by molar-refractivity contribution is 7.15. The first-order valence-electron chi connectivity index (χ1n) is 9.53. The van der Waals surface area contributed by atoms with Gasteiger partial charge in [0.1, 0.15) is 4.49 Å². The van der Waals surface area contributed by atoms with Crippen molar-refractivity contribution < 1.29 is 0 Å². The number of thiazole rings is 1. The summed E-state index contributed by atoms with van der Waals surface area (Å²) in [6.45, 7) is 10.8. The molecule has 29 heavy (non-hydrogen) atoms. The third-order valence-electron chi connectivity index (χ3n) is 5.77. The zero-order chi connectivity index (χ0) is 21.1. The van der Waals surface area contributed by atoms with Crippen molar-refractivity contribution in [3.05, 3.63) is 66.7 Å². The topological polar surface area (TPSA) is 47.3 Å². The summed E-state index contributed by atoms with van der Waals surface area (Å²) < 4.78 is 2.29. The van der Waals surface area contributed by atoms with Crippen molar-refractivity contribution in [2.45, 2.75) is 46.0 Å². The van der Waals surface area contributed by atoms with E-state index in [0.717, 1.165) is 5.56 Å². The molecule has 4 nitrogen and oxygen atoms in total. The molecule has 0 amide bonds. The van der Waals surface area contributed by atoms with E-state index in [4.69, 9.17) is 23.2 Å². The summed E-state index contributed by atoms with van der Waals surface area (Å²) in [6.07, 6.45) is 3.73. The molecular weight excluding hydrogens is 425 g/mol. The molecule has 0 bridgehead atoms. The summed E-state index contributed by atoms with van der Waals surface area (Å²) >= 11 is 13.0. The summed E-state index contributed by atoms with van der Waals surface area (Å²) in [7, 11) is 0. The maximum atomic E-state index is 12.8. The lowest BCUT2D eigenvalue weighted by Gasteiger charge is -2.18. The predicted octanol–water partition coefficient (Wildman–Crippen LogP) is 5.05. The molecule has 0 N–H and O–H groups in total. The Bertz CT molecular complexity index is 1210. The van der Waals surface area contributed by atoms with Crippen LogP contribution in [-0.4, -0.2) is 14.6 Å². The van der Waals surface area contributed by atoms with Crippen LogP contribution in [-0.2, 0) is 5.41 Å². The van der Waals surface area contributed by atoms with Gasteiger partial charge in [0.25, 0.3) is 5.56 Å². The Kier molecular flexibility index (Phi) is 4.92. The van der Waals surface area contributed by atoms with Crippen LogP contribution in [0.4, 0.5) is 0 Å². The average Bonchev–Trinajstić information content (AvgIpc) is 2.91. The van der Waals surface area contributed by atoms with Gasteiger partial charge >= 0.3 is 0 Å². The Morgan fingerprint density at radius 3 is 2.41 bits per heavy atom. The van der Waals surface area contributed by atoms with Crippen LogP contribution in [0.1, 0.15) is 57.5 Å². The fraction of sp³-hybridized carbons (Fsp3) is 0.409. The monoisotopic (exact) mass is 447 g/mol. The van der Waals surface area contributed by atoms with Crippen LogP contribution in [0, 0.1) is 11.3 Å². The second-order valence-corrected chi connectivity index (χ2v) is 11.3. The first kappa shape index (κ1) is 20.6. The van der Waals surface area contributed by atoms with Gasteiger partial charge in [-0.3, -0.25) is 4.79 Å². The number of fused-ring (bicyclic) bond motifs is 1. The number of hydrogen-bond acceptors (Lipinski definition) is 4. The zero-order valence-electron chi connectivity index (χ0n) is 17.0. The van der Waals surface area contributed by atoms with Crippen LogP contribution in [0.5, 0.6) is 0 Å². The molecule has 1 saturated carbocycles. The first-order valence-corrected chi connectivity index (χ1v) is 11.1. The normalized spacial score (nSPS) is 21.6. The fourth-order valence-electron chi connectivity index (χ4n) is 3.83. The molecule has 152 valence electrons. The van der Waals surface area contributed by atoms with Crippen molar-refractivity contribution in [3.63, 3.8) is 0 Å². The molecule has 1 aliphatic rings. The van der Waals surface area contributed by atoms with E-state index in [2.05, 4.69) is 56.8 Å². The molecule has 0 aliphatic heterocycles. The number of allylic oxidation sites excluding steroid dienone is 1. The Balaban J connectivity index is 1.67. The Labute approximate surface area is 183 Å². The van der Waals surface area contributed by atoms with E-state index < -0.39 is 0 Å². The highest BCUT2D eigenvalue weighted by atomic mass is 35.5. The van der Waals surface area contributed by atoms with Gasteiger partial charge in [0.15, 0.2) is 5.82 Å². The number of hydrogen-bond donors (Lipinski definition) is 0. The molecule has 2 heterocycles. The quantitative estimate of drug-likeness (QED) is 0.563. The van der Waals surface area contributed by atoms with Gasteiger partial charge in [-0.25, -0.2) is 4.98 Å². The number of aromatic nitrogens is 3. The molecule has 0 radical (unpaired) electrons. The van der Waals surface area contributed by atoms with Crippen molar-refractivity contribution in [3.8, 4) is 0 Å². The van der Waals surface area contributed by atoms with Crippen molar-refractivity contribution in [2.75, 3.05) is 0 Å². The molecule has 7 heteroatoms. The second kappa shape index (κ2) is 6.93. The number of rotatable bonds is 3. The average molecular weight is 448 g/mol. The van der Waals surface area contributed by atoms with E-state index in [1.54, 1.807) is 0 Å². The van der Waals surface area contributed by atoms with Crippen LogP contribution in [0.15, 0.2) is 39.6 Å². The first-order chi connectivity index (χ1) is 13.5. The van der Waals surface area contributed by atoms with Crippen molar-refractivity contribution in [1.29, 1.82) is 0 Å². The van der Waals surface area contributed by atoms with Crippen LogP contribution in [0.3, 0.4) is 0 Å². The third-order valence-corrected chi connectivity index (χ3v) is 6.98. The molecule has 1 aromatic carbocycles. The summed E-state index contributed by atoms with van der Waals surface area (Å²) in [4.78, 5) is 18.1. The van der Waals surface area contributed by atoms with E-state index >= 15 is 0 Å². The van der Waals surface area contributed by atoms with E-state index in [1.165, 1.54) is 21.4 Å². The summed E-state index contributed by atoms with van der Waals surface area (Å²) in [5, 5.41) is 4.50. The van der Waals surface area contributed by atoms with Gasteiger partial charge in [0, 0.05) is 5.92 Å². The lowest BCUT2D eigenvalue weighted by Crippen LogP contribution is -2.23. The van der Waals surface area contributed by atoms with Crippen molar-refractivity contribution in [1.82, 2.24) is 14.6 Å². The molecular formula is C22H23Cl2N3OS. The lowest BCUT2D eigenvalue weighted by molar-refractivity contribution is 0.585. The molecule has 4 rings (SSSR count). The fourth-order valence-corrected chi connectivity index (χ4v) is 5.02. The van der Waals surface area contributed by atoms with Gasteiger partial charge in [-0.2, -0.15) is 4.52 Å². The number of nitrogens with zero attached hydrogens (tertiary/aromatic N) is 3. The lowest BCUT2D eigenvalue weighted by atomic mass is 9.87. The van der Waals surface area contributed by atoms with Crippen LogP contribution in [0.25, 0.3) is 11.0 Å². The third kappa shape index (κ3) is 3.76. The van der Waals surface area contributed by atoms with Gasteiger partial charge < -0.3 is 0 Å². The van der Waals surface area contributed by atoms with E-state index in [9.17, 15) is 4.79 Å². The summed E-state index contributed by atoms with van der Waals surface area (Å²) in [6, 6.07) is 8.30. The molecule has 0 unspecified atom stereocenters. The maximum absolute atomic E-state index is 12.8. The summed E-state index contributed by atoms with van der Waals surface area (Å²) in [5.41, 5.74) is 2.19. The van der Waals surface area contributed by atoms with Gasteiger partial charge in [0.2, 0.25) is 4.96 Å².